The molecule has 1 heterocycles. The SMILES string of the molecule is Fc1c2ccccc2c(-c2cccc3c2oc2cccc(-c4c5ccccc5c(-c5ccccc5)c5ccccc45)c23)c2ccccc12. The van der Waals surface area contributed by atoms with Crippen molar-refractivity contribution in [2.75, 3.05) is 0 Å². The van der Waals surface area contributed by atoms with Crippen LogP contribution in [-0.2, 0) is 0 Å². The number of fused-ring (bicyclic) bond motifs is 7. The van der Waals surface area contributed by atoms with Crippen LogP contribution in [0.5, 0.6) is 0 Å². The lowest BCUT2D eigenvalue weighted by atomic mass is 9.85. The van der Waals surface area contributed by atoms with E-state index in [1.807, 2.05) is 48.5 Å². The first-order chi connectivity index (χ1) is 23.8. The van der Waals surface area contributed by atoms with Gasteiger partial charge in [-0.15, -0.1) is 0 Å². The van der Waals surface area contributed by atoms with Crippen molar-refractivity contribution >= 4 is 65.0 Å². The first-order valence-corrected chi connectivity index (χ1v) is 16.3. The zero-order valence-electron chi connectivity index (χ0n) is 25.9. The monoisotopic (exact) mass is 614 g/mol. The second kappa shape index (κ2) is 10.4. The van der Waals surface area contributed by atoms with Gasteiger partial charge >= 0.3 is 0 Å². The summed E-state index contributed by atoms with van der Waals surface area (Å²) in [6, 6.07) is 56.4. The molecule has 224 valence electrons. The predicted octanol–water partition coefficient (Wildman–Crippen LogP) is 13.3. The Labute approximate surface area is 276 Å². The van der Waals surface area contributed by atoms with Gasteiger partial charge < -0.3 is 4.42 Å². The van der Waals surface area contributed by atoms with E-state index < -0.39 is 0 Å². The summed E-state index contributed by atoms with van der Waals surface area (Å²) in [6.45, 7) is 0. The maximum Gasteiger partial charge on any atom is 0.143 e. The number of rotatable bonds is 3. The topological polar surface area (TPSA) is 13.1 Å². The minimum atomic E-state index is -0.193. The highest BCUT2D eigenvalue weighted by atomic mass is 19.1. The summed E-state index contributed by atoms with van der Waals surface area (Å²) in [4.78, 5) is 0. The molecule has 0 bridgehead atoms. The van der Waals surface area contributed by atoms with Gasteiger partial charge in [0.05, 0.1) is 0 Å². The van der Waals surface area contributed by atoms with Gasteiger partial charge in [0.1, 0.15) is 17.0 Å². The molecule has 0 saturated carbocycles. The van der Waals surface area contributed by atoms with E-state index in [1.54, 1.807) is 0 Å². The molecule has 0 radical (unpaired) electrons. The summed E-state index contributed by atoms with van der Waals surface area (Å²) in [5, 5.41) is 9.90. The van der Waals surface area contributed by atoms with E-state index in [0.29, 0.717) is 10.8 Å². The number of benzene rings is 9. The van der Waals surface area contributed by atoms with Gasteiger partial charge in [0.15, 0.2) is 0 Å². The molecule has 0 unspecified atom stereocenters. The van der Waals surface area contributed by atoms with E-state index in [1.165, 1.54) is 38.2 Å². The van der Waals surface area contributed by atoms with Gasteiger partial charge in [-0.3, -0.25) is 0 Å². The van der Waals surface area contributed by atoms with Crippen molar-refractivity contribution in [3.63, 3.8) is 0 Å². The highest BCUT2D eigenvalue weighted by Crippen LogP contribution is 2.49. The first-order valence-electron chi connectivity index (χ1n) is 16.3. The zero-order valence-corrected chi connectivity index (χ0v) is 25.9. The highest BCUT2D eigenvalue weighted by molar-refractivity contribution is 6.27. The van der Waals surface area contributed by atoms with E-state index in [-0.39, 0.29) is 5.82 Å². The fraction of sp³-hybridized carbons (Fsp3) is 0. The molecule has 0 aliphatic rings. The average Bonchev–Trinajstić information content (AvgIpc) is 3.54. The van der Waals surface area contributed by atoms with Gasteiger partial charge in [0.25, 0.3) is 0 Å². The van der Waals surface area contributed by atoms with Gasteiger partial charge in [-0.2, -0.15) is 0 Å². The van der Waals surface area contributed by atoms with Gasteiger partial charge in [0, 0.05) is 32.7 Å². The number of halogens is 1. The molecule has 2 heteroatoms. The van der Waals surface area contributed by atoms with Crippen molar-refractivity contribution in [1.29, 1.82) is 0 Å². The molecular formula is C46H27FO. The van der Waals surface area contributed by atoms with Crippen molar-refractivity contribution in [2.24, 2.45) is 0 Å². The Morgan fingerprint density at radius 3 is 1.33 bits per heavy atom. The Kier molecular flexibility index (Phi) is 5.82. The summed E-state index contributed by atoms with van der Waals surface area (Å²) in [5.41, 5.74) is 8.33. The molecule has 1 aromatic heterocycles. The van der Waals surface area contributed by atoms with Crippen molar-refractivity contribution < 1.29 is 8.81 Å². The minimum absolute atomic E-state index is 0.193. The molecule has 9 aromatic carbocycles. The molecule has 10 aromatic rings. The lowest BCUT2D eigenvalue weighted by molar-refractivity contribution is 0.651. The lowest BCUT2D eigenvalue weighted by Gasteiger charge is -2.18. The molecule has 0 atom stereocenters. The average molecular weight is 615 g/mol. The molecule has 0 spiro atoms. The van der Waals surface area contributed by atoms with Crippen molar-refractivity contribution in [1.82, 2.24) is 0 Å². The number of para-hydroxylation sites is 1. The smallest absolute Gasteiger partial charge is 0.143 e. The van der Waals surface area contributed by atoms with Crippen LogP contribution in [0.15, 0.2) is 168 Å². The van der Waals surface area contributed by atoms with Crippen LogP contribution in [0.3, 0.4) is 0 Å². The Morgan fingerprint density at radius 2 is 0.750 bits per heavy atom. The van der Waals surface area contributed by atoms with Gasteiger partial charge in [-0.05, 0) is 60.6 Å². The first kappa shape index (κ1) is 26.9. The zero-order chi connectivity index (χ0) is 31.8. The van der Waals surface area contributed by atoms with Crippen LogP contribution in [0.25, 0.3) is 98.4 Å². The van der Waals surface area contributed by atoms with Crippen molar-refractivity contribution in [3.05, 3.63) is 170 Å². The molecule has 0 amide bonds. The van der Waals surface area contributed by atoms with Crippen LogP contribution in [0.2, 0.25) is 0 Å². The Morgan fingerprint density at radius 1 is 0.333 bits per heavy atom. The molecule has 48 heavy (non-hydrogen) atoms. The van der Waals surface area contributed by atoms with E-state index in [4.69, 9.17) is 4.42 Å². The van der Waals surface area contributed by atoms with E-state index >= 15 is 4.39 Å². The van der Waals surface area contributed by atoms with Crippen LogP contribution in [0.4, 0.5) is 4.39 Å². The molecule has 0 fully saturated rings. The quantitative estimate of drug-likeness (QED) is 0.181. The van der Waals surface area contributed by atoms with E-state index in [9.17, 15) is 0 Å². The molecule has 0 aliphatic carbocycles. The molecule has 0 aliphatic heterocycles. The summed E-state index contributed by atoms with van der Waals surface area (Å²) in [7, 11) is 0. The minimum Gasteiger partial charge on any atom is -0.455 e. The van der Waals surface area contributed by atoms with Crippen LogP contribution in [0.1, 0.15) is 0 Å². The molecule has 0 N–H and O–H groups in total. The maximum absolute atomic E-state index is 15.9. The normalized spacial score (nSPS) is 11.9. The number of hydrogen-bond acceptors (Lipinski definition) is 1. The second-order valence-corrected chi connectivity index (χ2v) is 12.5. The lowest BCUT2D eigenvalue weighted by Crippen LogP contribution is -1.91. The fourth-order valence-corrected chi connectivity index (χ4v) is 7.95. The Hall–Kier alpha value is -6.25. The van der Waals surface area contributed by atoms with Crippen LogP contribution in [-0.4, -0.2) is 0 Å². The third kappa shape index (κ3) is 3.77. The van der Waals surface area contributed by atoms with Gasteiger partial charge in [0.2, 0.25) is 0 Å². The summed E-state index contributed by atoms with van der Waals surface area (Å²) in [5.74, 6) is -0.193. The molecule has 1 nitrogen and oxygen atoms in total. The van der Waals surface area contributed by atoms with Crippen LogP contribution in [0, 0.1) is 5.82 Å². The predicted molar refractivity (Wildman–Crippen MR) is 200 cm³/mol. The molecule has 10 rings (SSSR count). The molecular weight excluding hydrogens is 588 g/mol. The largest absolute Gasteiger partial charge is 0.455 e. The Balaban J connectivity index is 1.33. The van der Waals surface area contributed by atoms with E-state index in [0.717, 1.165) is 49.4 Å². The summed E-state index contributed by atoms with van der Waals surface area (Å²) >= 11 is 0. The van der Waals surface area contributed by atoms with Crippen LogP contribution >= 0.6 is 0 Å². The van der Waals surface area contributed by atoms with Gasteiger partial charge in [-0.1, -0.05) is 158 Å². The van der Waals surface area contributed by atoms with Gasteiger partial charge in [-0.25, -0.2) is 4.39 Å². The number of furan rings is 1. The van der Waals surface area contributed by atoms with E-state index in [2.05, 4.69) is 115 Å². The van der Waals surface area contributed by atoms with Crippen molar-refractivity contribution in [2.45, 2.75) is 0 Å². The summed E-state index contributed by atoms with van der Waals surface area (Å²) < 4.78 is 22.7. The highest BCUT2D eigenvalue weighted by Gasteiger charge is 2.23. The third-order valence-corrected chi connectivity index (χ3v) is 9.92. The standard InChI is InChI=1S/C46H27FO/c47-45-35-22-10-8-20-33(35)43(34-21-9-11-23-36(34)45)38-25-12-26-39-44-37(24-13-27-40(44)48-46(38)39)42-31-18-6-4-16-29(31)41(28-14-2-1-3-15-28)30-17-5-7-19-32(30)42/h1-27H. The summed E-state index contributed by atoms with van der Waals surface area (Å²) in [6.07, 6.45) is 0. The second-order valence-electron chi connectivity index (χ2n) is 12.5. The fourth-order valence-electron chi connectivity index (χ4n) is 7.95. The molecule has 0 saturated heterocycles. The van der Waals surface area contributed by atoms with Crippen molar-refractivity contribution in [3.8, 4) is 33.4 Å². The van der Waals surface area contributed by atoms with Crippen LogP contribution < -0.4 is 0 Å². The Bertz CT molecular complexity index is 2780. The maximum atomic E-state index is 15.9. The third-order valence-electron chi connectivity index (χ3n) is 9.92. The number of hydrogen-bond donors (Lipinski definition) is 0.